The van der Waals surface area contributed by atoms with E-state index in [0.717, 1.165) is 5.56 Å². The third kappa shape index (κ3) is 1.20. The summed E-state index contributed by atoms with van der Waals surface area (Å²) in [5, 5.41) is 8.92. The zero-order chi connectivity index (χ0) is 5.98. The monoisotopic (exact) mass is 375 g/mol. The van der Waals surface area contributed by atoms with Crippen LogP contribution in [0.4, 0.5) is 0 Å². The van der Waals surface area contributed by atoms with Crippen LogP contribution in [0.2, 0.25) is 0 Å². The maximum Gasteiger partial charge on any atom is 0.118 e. The van der Waals surface area contributed by atoms with E-state index in [1.54, 1.807) is 6.07 Å². The van der Waals surface area contributed by atoms with Gasteiger partial charge in [-0.15, -0.1) is 0 Å². The summed E-state index contributed by atoms with van der Waals surface area (Å²) in [4.78, 5) is 0. The van der Waals surface area contributed by atoms with E-state index in [1.807, 2.05) is 25.1 Å². The van der Waals surface area contributed by atoms with Crippen molar-refractivity contribution in [2.24, 2.45) is 0 Å². The molecule has 0 saturated carbocycles. The Balaban J connectivity index is 0.000000640. The topological polar surface area (TPSA) is 20.2 Å². The number of rotatable bonds is 0. The molecule has 0 aliphatic heterocycles. The van der Waals surface area contributed by atoms with E-state index in [4.69, 9.17) is 5.11 Å². The molecule has 0 bridgehead atoms. The van der Waals surface area contributed by atoms with Crippen molar-refractivity contribution in [1.29, 1.82) is 0 Å². The Morgan fingerprint density at radius 3 is 2.11 bits per heavy atom. The summed E-state index contributed by atoms with van der Waals surface area (Å²) in [6.07, 6.45) is 0. The molecule has 0 aromatic heterocycles. The Labute approximate surface area is 48.6 Å². The molecular formula is C7H8ORf. The van der Waals surface area contributed by atoms with Crippen LogP contribution >= 0.6 is 0 Å². The summed E-state index contributed by atoms with van der Waals surface area (Å²) < 4.78 is 0. The molecule has 0 saturated heterocycles. The van der Waals surface area contributed by atoms with Gasteiger partial charge in [-0.3, -0.25) is 0 Å². The van der Waals surface area contributed by atoms with Crippen LogP contribution in [0.1, 0.15) is 5.56 Å². The first-order chi connectivity index (χ1) is 3.80. The van der Waals surface area contributed by atoms with Gasteiger partial charge in [0.15, 0.2) is 0 Å². The average molecular weight is 375 g/mol. The third-order valence-corrected chi connectivity index (χ3v) is 1.12. The number of benzene rings is 1. The minimum absolute atomic E-state index is 0. The molecule has 0 aliphatic carbocycles. The van der Waals surface area contributed by atoms with Gasteiger partial charge in [0.2, 0.25) is 0 Å². The molecule has 0 atom stereocenters. The molecule has 0 aliphatic rings. The summed E-state index contributed by atoms with van der Waals surface area (Å²) >= 11 is 0. The van der Waals surface area contributed by atoms with Gasteiger partial charge in [-0.25, -0.2) is 0 Å². The standard InChI is InChI=1S/C7H8O.Rf/c1-6-4-2-3-5-7(6)8;/h2-5,8H,1H3;. The number of phenols is 1. The SMILES string of the molecule is Cc1ccccc1O.[Rf]. The number of hydrogen-bond donors (Lipinski definition) is 1. The van der Waals surface area contributed by atoms with Crippen LogP contribution < -0.4 is 0 Å². The van der Waals surface area contributed by atoms with Crippen molar-refractivity contribution in [2.45, 2.75) is 6.92 Å². The quantitative estimate of drug-likeness (QED) is 0.732. The Morgan fingerprint density at radius 2 is 1.78 bits per heavy atom. The first kappa shape index (κ1) is 7.02. The van der Waals surface area contributed by atoms with Crippen molar-refractivity contribution in [1.82, 2.24) is 0 Å². The molecule has 2 heteroatoms. The van der Waals surface area contributed by atoms with Crippen molar-refractivity contribution in [3.05, 3.63) is 29.8 Å². The number of para-hydroxylation sites is 1. The van der Waals surface area contributed by atoms with E-state index in [-0.39, 0.29) is 0 Å². The normalized spacial score (nSPS) is 8.11. The molecule has 1 nitrogen and oxygen atoms in total. The molecule has 1 aromatic rings. The molecule has 0 spiro atoms. The molecule has 9 heavy (non-hydrogen) atoms. The van der Waals surface area contributed by atoms with Crippen molar-refractivity contribution in [3.63, 3.8) is 0 Å². The van der Waals surface area contributed by atoms with E-state index >= 15 is 0 Å². The second-order valence-electron chi connectivity index (χ2n) is 1.79. The Hall–Kier alpha value is -1.98. The number of aromatic hydroxyl groups is 1. The van der Waals surface area contributed by atoms with E-state index < -0.39 is 0 Å². The zero-order valence-electron chi connectivity index (χ0n) is 5.46. The second-order valence-corrected chi connectivity index (χ2v) is 1.79. The Bertz CT molecular complexity index is 165. The molecule has 0 heterocycles. The van der Waals surface area contributed by atoms with Crippen molar-refractivity contribution in [2.75, 3.05) is 0 Å². The second kappa shape index (κ2) is 2.36. The van der Waals surface area contributed by atoms with Gasteiger partial charge in [0, 0.05) is 0 Å². The average Bonchev–Trinajstić information content (AvgIpc) is 1.77. The predicted octanol–water partition coefficient (Wildman–Crippen LogP) is 1.70. The van der Waals surface area contributed by atoms with Crippen LogP contribution in [0.5, 0.6) is 5.75 Å². The van der Waals surface area contributed by atoms with Gasteiger partial charge in [-0.05, 0) is 18.6 Å². The molecule has 0 radical (unpaired) electrons. The number of aryl methyl sites for hydroxylation is 1. The van der Waals surface area contributed by atoms with Crippen LogP contribution in [0.15, 0.2) is 24.3 Å². The zero-order valence-corrected chi connectivity index (χ0v) is 11.9. The van der Waals surface area contributed by atoms with Crippen LogP contribution in [-0.4, -0.2) is 5.11 Å². The van der Waals surface area contributed by atoms with Gasteiger partial charge in [0.25, 0.3) is 0 Å². The smallest absolute Gasteiger partial charge is 0.118 e. The fourth-order valence-corrected chi connectivity index (χ4v) is 0.563. The molecule has 1 N–H and O–H groups in total. The van der Waals surface area contributed by atoms with Gasteiger partial charge in [-0.2, -0.15) is 0 Å². The van der Waals surface area contributed by atoms with E-state index in [0.29, 0.717) is 5.75 Å². The van der Waals surface area contributed by atoms with Gasteiger partial charge in [-0.1, -0.05) is 18.2 Å². The minimum Gasteiger partial charge on any atom is -0.508 e. The van der Waals surface area contributed by atoms with Crippen LogP contribution in [0.25, 0.3) is 0 Å². The fourth-order valence-electron chi connectivity index (χ4n) is 0.563. The maximum atomic E-state index is 8.92. The molecule has 1 rings (SSSR count). The Morgan fingerprint density at radius 1 is 1.22 bits per heavy atom. The molecule has 0 fully saturated rings. The van der Waals surface area contributed by atoms with Crippen molar-refractivity contribution < 1.29 is 5.11 Å². The summed E-state index contributed by atoms with van der Waals surface area (Å²) in [7, 11) is 0. The summed E-state index contributed by atoms with van der Waals surface area (Å²) in [6.45, 7) is 1.87. The van der Waals surface area contributed by atoms with E-state index in [2.05, 4.69) is 0 Å². The predicted molar refractivity (Wildman–Crippen MR) is 32.8 cm³/mol. The number of hydrogen-bond acceptors (Lipinski definition) is 1. The summed E-state index contributed by atoms with van der Waals surface area (Å²) in [5.41, 5.74) is 0.924. The van der Waals surface area contributed by atoms with Gasteiger partial charge >= 0.3 is 0 Å². The fraction of sp³-hybridized carbons (Fsp3) is 0.143. The molecule has 0 amide bonds. The van der Waals surface area contributed by atoms with Crippen LogP contribution in [-0.2, 0) is 0 Å². The molecular weight excluding hydrogens is 367 g/mol. The largest absolute Gasteiger partial charge is 0.508 e. The number of phenolic OH excluding ortho intramolecular Hbond substituents is 1. The molecule has 44 valence electrons. The van der Waals surface area contributed by atoms with Crippen LogP contribution in [0, 0.1) is 6.92 Å². The first-order valence-electron chi connectivity index (χ1n) is 2.55. The summed E-state index contributed by atoms with van der Waals surface area (Å²) in [5.74, 6) is 0.368. The maximum absolute atomic E-state index is 8.92. The van der Waals surface area contributed by atoms with E-state index in [1.165, 1.54) is 0 Å². The molecule has 0 unspecified atom stereocenters. The Kier molecular flexibility index (Phi) is 1.84. The van der Waals surface area contributed by atoms with Gasteiger partial charge in [0.05, 0.1) is 0 Å². The molecule has 1 aromatic carbocycles. The van der Waals surface area contributed by atoms with E-state index in [9.17, 15) is 0 Å². The van der Waals surface area contributed by atoms with Crippen molar-refractivity contribution in [3.8, 4) is 5.75 Å². The van der Waals surface area contributed by atoms with Crippen LogP contribution in [0.3, 0.4) is 0 Å². The minimum atomic E-state index is 0. The third-order valence-electron chi connectivity index (χ3n) is 1.12. The van der Waals surface area contributed by atoms with Crippen molar-refractivity contribution >= 4 is 0 Å². The first-order valence-corrected chi connectivity index (χ1v) is 2.55. The van der Waals surface area contributed by atoms with Gasteiger partial charge < -0.3 is 5.11 Å². The van der Waals surface area contributed by atoms with Gasteiger partial charge in [0.1, 0.15) is 5.75 Å². The summed E-state index contributed by atoms with van der Waals surface area (Å²) in [6, 6.07) is 7.25.